The first-order chi connectivity index (χ1) is 65.2. The third-order valence-corrected chi connectivity index (χ3v) is 26.9. The molecule has 0 saturated carbocycles. The minimum atomic E-state index is -0.595. The van der Waals surface area contributed by atoms with Gasteiger partial charge in [-0.15, -0.1) is 0 Å². The SMILES string of the molecule is C.Cn1c(=O)c2c(-c3ccccc3)n3c(c2n(C)c1=O)C(c1ccc(Br)o1)Nc1ccc([N+](=O)[O-])cc1-3.Cn1c(=O)c2c(-c3ccccc3)n3c(c2n(C)c1=O)C(c1ccc(Br)o1)Nc1ccccc1-3.Cn1c(=O)c2c(-c3ccccc3)n3c(c2n(C)c1=O)C(c1ccc(Cl)o1)Nc1ccccc1-3.Cn1c(=O)c2c(-c3ccccc3)n3c(c2n(C)c1=O)C(c1ccc(I)o1)Nc1ccccc1-3. The monoisotopic (exact) mass is 2070 g/mol. The molecule has 136 heavy (non-hydrogen) atoms. The van der Waals surface area contributed by atoms with Crippen molar-refractivity contribution in [3.8, 4) is 67.8 Å². The van der Waals surface area contributed by atoms with Crippen LogP contribution in [0.5, 0.6) is 0 Å². The van der Waals surface area contributed by atoms with Crippen molar-refractivity contribution in [1.29, 1.82) is 0 Å². The maximum atomic E-state index is 13.6. The third kappa shape index (κ3) is 13.9. The van der Waals surface area contributed by atoms with E-state index >= 15 is 0 Å². The van der Waals surface area contributed by atoms with Crippen LogP contribution in [0.15, 0.2) is 326 Å². The zero-order chi connectivity index (χ0) is 93.9. The number of aromatic nitrogens is 12. The lowest BCUT2D eigenvalue weighted by Crippen LogP contribution is -2.37. The van der Waals surface area contributed by atoms with Gasteiger partial charge in [0.2, 0.25) is 0 Å². The molecule has 0 radical (unpaired) electrons. The molecule has 0 aliphatic carbocycles. The van der Waals surface area contributed by atoms with Crippen LogP contribution in [0.1, 0.15) is 77.4 Å². The summed E-state index contributed by atoms with van der Waals surface area (Å²) in [6, 6.07) is 79.7. The van der Waals surface area contributed by atoms with Crippen LogP contribution < -0.4 is 66.3 Å². The molecule has 24 rings (SSSR count). The molecular weight excluding hydrogens is 2000 g/mol. The fourth-order valence-electron chi connectivity index (χ4n) is 19.3. The summed E-state index contributed by atoms with van der Waals surface area (Å²) in [7, 11) is 12.7. The Labute approximate surface area is 804 Å². The summed E-state index contributed by atoms with van der Waals surface area (Å²) >= 11 is 15.0. The first-order valence-electron chi connectivity index (χ1n) is 42.4. The number of hydrogen-bond acceptors (Lipinski definition) is 18. The van der Waals surface area contributed by atoms with Crippen LogP contribution >= 0.6 is 66.1 Å². The second-order valence-electron chi connectivity index (χ2n) is 32.8. The molecule has 12 aromatic heterocycles. The zero-order valence-corrected chi connectivity index (χ0v) is 78.8. The Morgan fingerprint density at radius 2 is 0.588 bits per heavy atom. The molecular formula is C101H79Br2ClIN17O14. The molecule has 16 heterocycles. The number of hydrogen-bond donors (Lipinski definition) is 4. The standard InChI is InChI=1S/C25H18BrN5O5.C25H19BrN4O3.C25H19ClN4O3.C25H19IN4O3.CH4/c1-28-22-19(24(32)29(2)25(28)33)21(13-6-4-3-5-7-13)30-16-12-14(31(34)35)8-9-15(16)27-20(23(22)30)17-10-11-18(26)36-17;3*1-28-22-19(24(31)29(2)25(28)32)21(14-8-4-3-5-9-14)30-16-11-7-6-10-15(16)27-20(23(22)30)17-12-13-18(26)33-17;/h3-12,20,27H,1-2H3;3*3-13,20,27H,1-2H3;1H4. The smallest absolute Gasteiger partial charge is 0.331 e. The van der Waals surface area contributed by atoms with E-state index < -0.39 is 40.0 Å². The maximum absolute atomic E-state index is 13.6. The largest absolute Gasteiger partial charge is 0.453 e. The van der Waals surface area contributed by atoms with Crippen LogP contribution in [0, 0.1) is 13.9 Å². The average molecular weight is 2080 g/mol. The van der Waals surface area contributed by atoms with E-state index in [-0.39, 0.29) is 52.4 Å². The molecule has 4 atom stereocenters. The summed E-state index contributed by atoms with van der Waals surface area (Å²) in [6.07, 6.45) is 0. The zero-order valence-electron chi connectivity index (χ0n) is 72.7. The summed E-state index contributed by atoms with van der Waals surface area (Å²) in [5, 5.41) is 27.8. The van der Waals surface area contributed by atoms with E-state index in [1.807, 2.05) is 223 Å². The van der Waals surface area contributed by atoms with Gasteiger partial charge in [0.15, 0.2) is 18.3 Å². The Balaban J connectivity index is 0.000000112. The highest BCUT2D eigenvalue weighted by atomic mass is 127. The van der Waals surface area contributed by atoms with Crippen molar-refractivity contribution in [2.24, 2.45) is 56.4 Å². The lowest BCUT2D eigenvalue weighted by Gasteiger charge is -2.29. The number of nitro groups is 1. The molecule has 0 fully saturated rings. The van der Waals surface area contributed by atoms with Gasteiger partial charge >= 0.3 is 22.8 Å². The summed E-state index contributed by atoms with van der Waals surface area (Å²) in [5.41, 5.74) is 14.5. The lowest BCUT2D eigenvalue weighted by atomic mass is 10.0. The Morgan fingerprint density at radius 3 is 0.860 bits per heavy atom. The molecule has 0 spiro atoms. The van der Waals surface area contributed by atoms with Gasteiger partial charge in [-0.3, -0.25) is 65.8 Å². The van der Waals surface area contributed by atoms with E-state index in [0.29, 0.717) is 98.8 Å². The highest BCUT2D eigenvalue weighted by Crippen LogP contribution is 2.52. The van der Waals surface area contributed by atoms with E-state index in [4.69, 9.17) is 29.3 Å². The summed E-state index contributed by atoms with van der Waals surface area (Å²) in [4.78, 5) is 118. The second-order valence-corrected chi connectivity index (χ2v) is 35.8. The number of furan rings is 4. The molecule has 4 N–H and O–H groups in total. The molecule has 35 heteroatoms. The molecule has 8 aromatic carbocycles. The summed E-state index contributed by atoms with van der Waals surface area (Å²) in [6.45, 7) is 0. The van der Waals surface area contributed by atoms with E-state index in [9.17, 15) is 48.5 Å². The van der Waals surface area contributed by atoms with E-state index in [0.717, 1.165) is 103 Å². The fraction of sp³-hybridized carbons (Fsp3) is 0.129. The molecule has 0 bridgehead atoms. The van der Waals surface area contributed by atoms with Crippen molar-refractivity contribution in [2.45, 2.75) is 31.6 Å². The number of halogens is 4. The topological polar surface area (TPSA) is 340 Å². The van der Waals surface area contributed by atoms with Gasteiger partial charge in [0.05, 0.1) is 140 Å². The van der Waals surface area contributed by atoms with Crippen molar-refractivity contribution < 1.29 is 22.6 Å². The number of benzene rings is 8. The quantitative estimate of drug-likeness (QED) is 0.0592. The second kappa shape index (κ2) is 34.1. The normalized spacial score (nSPS) is 14.5. The molecule has 0 amide bonds. The molecule has 20 aromatic rings. The van der Waals surface area contributed by atoms with E-state index in [1.54, 1.807) is 67.7 Å². The molecule has 0 saturated heterocycles. The summed E-state index contributed by atoms with van der Waals surface area (Å²) in [5.74, 6) is 2.51. The van der Waals surface area contributed by atoms with Gasteiger partial charge in [-0.05, 0) is 179 Å². The predicted molar refractivity (Wildman–Crippen MR) is 540 cm³/mol. The van der Waals surface area contributed by atoms with Crippen molar-refractivity contribution in [1.82, 2.24) is 54.8 Å². The van der Waals surface area contributed by atoms with Crippen molar-refractivity contribution >= 4 is 138 Å². The van der Waals surface area contributed by atoms with Crippen LogP contribution in [0.25, 0.3) is 111 Å². The first kappa shape index (κ1) is 88.3. The average Bonchev–Trinajstić information content (AvgIpc) is 1.56. The van der Waals surface area contributed by atoms with Gasteiger partial charge in [0, 0.05) is 68.5 Å². The molecule has 4 aliphatic heterocycles. The van der Waals surface area contributed by atoms with Crippen molar-refractivity contribution in [3.63, 3.8) is 0 Å². The molecule has 31 nitrogen and oxygen atoms in total. The van der Waals surface area contributed by atoms with Crippen LogP contribution in [0.4, 0.5) is 28.4 Å². The van der Waals surface area contributed by atoms with E-state index in [1.165, 1.54) is 58.6 Å². The number of nitro benzene ring substituents is 1. The van der Waals surface area contributed by atoms with Crippen LogP contribution in [-0.2, 0) is 56.4 Å². The first-order valence-corrected chi connectivity index (χ1v) is 45.5. The predicted octanol–water partition coefficient (Wildman–Crippen LogP) is 18.5. The van der Waals surface area contributed by atoms with Gasteiger partial charge in [-0.1, -0.05) is 165 Å². The minimum Gasteiger partial charge on any atom is -0.453 e. The van der Waals surface area contributed by atoms with Gasteiger partial charge in [-0.2, -0.15) is 0 Å². The number of fused-ring (bicyclic) bond motifs is 20. The molecule has 4 aliphatic rings. The Bertz CT molecular complexity index is 8310. The number of non-ortho nitro benzene ring substituents is 1. The third-order valence-electron chi connectivity index (χ3n) is 25.3. The Morgan fingerprint density at radius 1 is 0.324 bits per heavy atom. The number of nitrogens with one attached hydrogen (secondary N) is 4. The number of para-hydroxylation sites is 6. The van der Waals surface area contributed by atoms with Gasteiger partial charge in [0.25, 0.3) is 27.9 Å². The highest BCUT2D eigenvalue weighted by molar-refractivity contribution is 14.1. The summed E-state index contributed by atoms with van der Waals surface area (Å²) < 4.78 is 44.3. The molecule has 680 valence electrons. The van der Waals surface area contributed by atoms with Crippen molar-refractivity contribution in [2.75, 3.05) is 21.3 Å². The minimum absolute atomic E-state index is 0. The van der Waals surface area contributed by atoms with Crippen molar-refractivity contribution in [3.05, 3.63) is 418 Å². The van der Waals surface area contributed by atoms with Crippen LogP contribution in [-0.4, -0.2) is 59.7 Å². The highest BCUT2D eigenvalue weighted by Gasteiger charge is 2.43. The van der Waals surface area contributed by atoms with Crippen LogP contribution in [0.2, 0.25) is 5.22 Å². The van der Waals surface area contributed by atoms with Gasteiger partial charge < -0.3 is 57.2 Å². The lowest BCUT2D eigenvalue weighted by molar-refractivity contribution is -0.384. The van der Waals surface area contributed by atoms with Gasteiger partial charge in [0.1, 0.15) is 47.2 Å². The molecule has 4 unspecified atom stereocenters. The number of anilines is 4. The number of aryl methyl sites for hydroxylation is 4. The van der Waals surface area contributed by atoms with Crippen LogP contribution in [0.3, 0.4) is 0 Å². The Kier molecular flexibility index (Phi) is 22.1. The van der Waals surface area contributed by atoms with E-state index in [2.05, 4.69) is 89.4 Å². The maximum Gasteiger partial charge on any atom is 0.331 e. The number of rotatable bonds is 9. The van der Waals surface area contributed by atoms with Gasteiger partial charge in [-0.25, -0.2) is 19.2 Å². The number of nitrogens with zero attached hydrogens (tertiary/aromatic N) is 13. The fourth-order valence-corrected chi connectivity index (χ4v) is 20.5. The Hall–Kier alpha value is -15.7.